The summed E-state index contributed by atoms with van der Waals surface area (Å²) in [7, 11) is 0. The zero-order valence-electron chi connectivity index (χ0n) is 19.7. The van der Waals surface area contributed by atoms with Gasteiger partial charge in [0.05, 0.1) is 5.76 Å². The molecule has 1 radical (unpaired) electrons. The Balaban J connectivity index is 0.000000400. The average molecular weight is 673 g/mol. The zero-order chi connectivity index (χ0) is 24.8. The summed E-state index contributed by atoms with van der Waals surface area (Å²) in [5, 5.41) is 9.45. The summed E-state index contributed by atoms with van der Waals surface area (Å²) in [4.78, 5) is 15.8. The number of benzene rings is 3. The van der Waals surface area contributed by atoms with E-state index in [9.17, 15) is 9.18 Å². The smallest absolute Gasteiger partial charge is 0.155 e. The molecule has 0 spiro atoms. The normalized spacial score (nSPS) is 10.8. The van der Waals surface area contributed by atoms with Crippen LogP contribution in [0.3, 0.4) is 0 Å². The maximum absolute atomic E-state index is 13.2. The van der Waals surface area contributed by atoms with Gasteiger partial charge in [0.1, 0.15) is 5.82 Å². The minimum atomic E-state index is -0.220. The van der Waals surface area contributed by atoms with E-state index >= 15 is 0 Å². The van der Waals surface area contributed by atoms with Crippen molar-refractivity contribution in [3.63, 3.8) is 0 Å². The van der Waals surface area contributed by atoms with E-state index in [-0.39, 0.29) is 37.5 Å². The van der Waals surface area contributed by atoms with E-state index in [1.54, 1.807) is 11.3 Å². The molecule has 2 heterocycles. The molecule has 0 bridgehead atoms. The Hall–Kier alpha value is -3.44. The fourth-order valence-corrected chi connectivity index (χ4v) is 4.63. The third-order valence-electron chi connectivity index (χ3n) is 5.13. The van der Waals surface area contributed by atoms with Gasteiger partial charge in [-0.05, 0) is 48.9 Å². The maximum atomic E-state index is 13.2. The Morgan fingerprint density at radius 3 is 2.31 bits per heavy atom. The monoisotopic (exact) mass is 673 g/mol. The summed E-state index contributed by atoms with van der Waals surface area (Å²) < 4.78 is 14.3. The minimum Gasteiger partial charge on any atom is -0.512 e. The minimum absolute atomic E-state index is 0. The number of halogens is 1. The van der Waals surface area contributed by atoms with Crippen LogP contribution in [0, 0.1) is 11.9 Å². The molecule has 0 fully saturated rings. The predicted octanol–water partition coefficient (Wildman–Crippen LogP) is 8.27. The van der Waals surface area contributed by atoms with Crippen LogP contribution in [0.25, 0.3) is 42.9 Å². The predicted molar refractivity (Wildman–Crippen MR) is 142 cm³/mol. The Bertz CT molecular complexity index is 1490. The van der Waals surface area contributed by atoms with Gasteiger partial charge in [-0.2, -0.15) is 0 Å². The van der Waals surface area contributed by atoms with E-state index in [2.05, 4.69) is 47.4 Å². The number of fused-ring (bicyclic) bond motifs is 1. The molecule has 6 heteroatoms. The molecule has 3 aromatic carbocycles. The van der Waals surface area contributed by atoms with Gasteiger partial charge in [0.25, 0.3) is 0 Å². The molecule has 3 nitrogen and oxygen atoms in total. The first-order valence-electron chi connectivity index (χ1n) is 11.0. The number of hydrogen-bond acceptors (Lipinski definition) is 4. The zero-order valence-corrected chi connectivity index (χ0v) is 22.9. The molecule has 1 N–H and O–H groups in total. The number of allylic oxidation sites excluding steroid dienone is 2. The van der Waals surface area contributed by atoms with E-state index < -0.39 is 0 Å². The van der Waals surface area contributed by atoms with Crippen molar-refractivity contribution in [3.8, 4) is 32.8 Å². The Labute approximate surface area is 227 Å². The number of aromatic nitrogens is 1. The number of nitrogens with zero attached hydrogens (tertiary/aromatic N) is 1. The fourth-order valence-electron chi connectivity index (χ4n) is 3.56. The van der Waals surface area contributed by atoms with Crippen LogP contribution < -0.4 is 0 Å². The molecule has 0 aliphatic rings. The molecule has 0 amide bonds. The van der Waals surface area contributed by atoms with Gasteiger partial charge < -0.3 is 10.1 Å². The standard InChI is InChI=1S/C25H15FNS.C5H8O2.Ir/c26-22-11-9-18(10-12-22)24-14-21-16-27-23(15-25(21)28-24)20-8-4-7-19(13-20)17-5-2-1-3-6-17;1-4(6)3-5(2)7;/h1-7,9-16H;3,6H,1-2H3;/q-1;;/b;4-3-;. The third kappa shape index (κ3) is 7.05. The van der Waals surface area contributed by atoms with Crippen LogP contribution in [0.4, 0.5) is 4.39 Å². The summed E-state index contributed by atoms with van der Waals surface area (Å²) in [5.41, 5.74) is 5.21. The topological polar surface area (TPSA) is 50.2 Å². The quantitative estimate of drug-likeness (QED) is 0.119. The van der Waals surface area contributed by atoms with E-state index in [1.807, 2.05) is 42.6 Å². The molecule has 5 aromatic rings. The summed E-state index contributed by atoms with van der Waals surface area (Å²) in [5.74, 6) is -0.282. The summed E-state index contributed by atoms with van der Waals surface area (Å²) >= 11 is 1.69. The van der Waals surface area contributed by atoms with Gasteiger partial charge in [-0.25, -0.2) is 4.39 Å². The van der Waals surface area contributed by atoms with Crippen LogP contribution in [-0.4, -0.2) is 15.9 Å². The number of aliphatic hydroxyl groups excluding tert-OH is 1. The van der Waals surface area contributed by atoms with Crippen LogP contribution in [-0.2, 0) is 24.9 Å². The molecule has 5 rings (SSSR count). The Morgan fingerprint density at radius 1 is 0.944 bits per heavy atom. The second kappa shape index (κ2) is 12.5. The molecule has 0 aliphatic carbocycles. The van der Waals surface area contributed by atoms with E-state index in [0.717, 1.165) is 37.3 Å². The van der Waals surface area contributed by atoms with Crippen LogP contribution in [0.2, 0.25) is 0 Å². The second-order valence-electron chi connectivity index (χ2n) is 7.98. The Morgan fingerprint density at radius 2 is 1.67 bits per heavy atom. The molecule has 0 unspecified atom stereocenters. The number of carbonyl (C=O) groups is 1. The molecule has 2 aromatic heterocycles. The van der Waals surface area contributed by atoms with Crippen LogP contribution in [0.1, 0.15) is 13.8 Å². The number of aliphatic hydroxyl groups is 1. The third-order valence-corrected chi connectivity index (χ3v) is 6.27. The SMILES string of the molecule is CC(=O)/C=C(/C)O.Fc1ccc(-c2cc3cnc(-c4[c-]ccc(-c5ccccc5)c4)cc3s2)cc1.[Ir]. The van der Waals surface area contributed by atoms with Gasteiger partial charge in [-0.3, -0.25) is 4.79 Å². The molecular formula is C30H23FIrNO2S-. The molecule has 0 saturated heterocycles. The molecule has 0 saturated carbocycles. The summed E-state index contributed by atoms with van der Waals surface area (Å²) in [6.45, 7) is 2.85. The second-order valence-corrected chi connectivity index (χ2v) is 9.06. The molecule has 36 heavy (non-hydrogen) atoms. The summed E-state index contributed by atoms with van der Waals surface area (Å²) in [6.07, 6.45) is 3.07. The van der Waals surface area contributed by atoms with Crippen molar-refractivity contribution >= 4 is 27.2 Å². The summed E-state index contributed by atoms with van der Waals surface area (Å²) in [6, 6.07) is 30.6. The van der Waals surface area contributed by atoms with E-state index in [4.69, 9.17) is 5.11 Å². The fraction of sp³-hybridized carbons (Fsp3) is 0.0667. The number of pyridine rings is 1. The van der Waals surface area contributed by atoms with E-state index in [1.165, 1.54) is 37.6 Å². The van der Waals surface area contributed by atoms with Crippen molar-refractivity contribution in [3.05, 3.63) is 115 Å². The largest absolute Gasteiger partial charge is 0.512 e. The van der Waals surface area contributed by atoms with Gasteiger partial charge in [-0.15, -0.1) is 46.7 Å². The molecule has 183 valence electrons. The van der Waals surface area contributed by atoms with Crippen LogP contribution in [0.15, 0.2) is 103 Å². The molecular weight excluding hydrogens is 650 g/mol. The van der Waals surface area contributed by atoms with Gasteiger partial charge in [0.15, 0.2) is 5.78 Å². The van der Waals surface area contributed by atoms with Crippen LogP contribution in [0.5, 0.6) is 0 Å². The Kier molecular flexibility index (Phi) is 9.43. The van der Waals surface area contributed by atoms with Crippen molar-refractivity contribution in [2.45, 2.75) is 13.8 Å². The number of ketones is 1. The van der Waals surface area contributed by atoms with E-state index in [0.29, 0.717) is 0 Å². The first kappa shape index (κ1) is 27.2. The van der Waals surface area contributed by atoms with Crippen molar-refractivity contribution < 1.29 is 34.4 Å². The first-order chi connectivity index (χ1) is 16.9. The van der Waals surface area contributed by atoms with Gasteiger partial charge in [0, 0.05) is 47.3 Å². The average Bonchev–Trinajstić information content (AvgIpc) is 3.28. The number of thiophene rings is 1. The van der Waals surface area contributed by atoms with Crippen molar-refractivity contribution in [2.75, 3.05) is 0 Å². The van der Waals surface area contributed by atoms with Gasteiger partial charge >= 0.3 is 0 Å². The van der Waals surface area contributed by atoms with Crippen molar-refractivity contribution in [2.24, 2.45) is 0 Å². The first-order valence-corrected chi connectivity index (χ1v) is 11.8. The van der Waals surface area contributed by atoms with Crippen molar-refractivity contribution in [1.29, 1.82) is 0 Å². The van der Waals surface area contributed by atoms with Crippen molar-refractivity contribution in [1.82, 2.24) is 4.98 Å². The molecule has 0 atom stereocenters. The van der Waals surface area contributed by atoms with Gasteiger partial charge in [0.2, 0.25) is 0 Å². The number of hydrogen-bond donors (Lipinski definition) is 1. The van der Waals surface area contributed by atoms with Gasteiger partial charge in [-0.1, -0.05) is 48.5 Å². The number of rotatable bonds is 4. The van der Waals surface area contributed by atoms with Crippen LogP contribution >= 0.6 is 11.3 Å². The maximum Gasteiger partial charge on any atom is 0.155 e. The molecule has 0 aliphatic heterocycles. The number of carbonyl (C=O) groups excluding carboxylic acids is 1.